The summed E-state index contributed by atoms with van der Waals surface area (Å²) in [5.74, 6) is -2.91. The average molecular weight is 368 g/mol. The van der Waals surface area contributed by atoms with E-state index >= 15 is 0 Å². The molecule has 0 unspecified atom stereocenters. The normalized spacial score (nSPS) is 10.4. The Labute approximate surface area is 155 Å². The lowest BCUT2D eigenvalue weighted by atomic mass is 10.1. The van der Waals surface area contributed by atoms with Gasteiger partial charge in [0.2, 0.25) is 0 Å². The maximum Gasteiger partial charge on any atom is 0.329 e. The maximum absolute atomic E-state index is 12.0. The number of carboxylic acids is 1. The number of para-hydroxylation sites is 2. The first kappa shape index (κ1) is 19.6. The van der Waals surface area contributed by atoms with Crippen molar-refractivity contribution < 1.29 is 24.2 Å². The monoisotopic (exact) mass is 368 g/mol. The highest BCUT2D eigenvalue weighted by atomic mass is 16.5. The SMILES string of the molecule is Cc1cccc(C)c1NC(=O)C(=O)N/N=C\c1ccccc1OCC(=O)[O-]. The van der Waals surface area contributed by atoms with Gasteiger partial charge in [-0.15, -0.1) is 0 Å². The molecule has 0 atom stereocenters. The Kier molecular flexibility index (Phi) is 6.65. The Balaban J connectivity index is 1.99. The number of aryl methyl sites for hydroxylation is 2. The molecular formula is C19H18N3O5-. The number of carbonyl (C=O) groups excluding carboxylic acids is 3. The molecule has 2 rings (SSSR count). The summed E-state index contributed by atoms with van der Waals surface area (Å²) in [5.41, 5.74) is 4.78. The van der Waals surface area contributed by atoms with Gasteiger partial charge in [-0.1, -0.05) is 30.3 Å². The van der Waals surface area contributed by atoms with Gasteiger partial charge < -0.3 is 20.0 Å². The molecule has 0 bridgehead atoms. The predicted molar refractivity (Wildman–Crippen MR) is 97.2 cm³/mol. The first-order valence-corrected chi connectivity index (χ1v) is 8.00. The molecule has 2 N–H and O–H groups in total. The van der Waals surface area contributed by atoms with Crippen LogP contribution in [0.5, 0.6) is 5.75 Å². The van der Waals surface area contributed by atoms with Crippen LogP contribution in [0.15, 0.2) is 47.6 Å². The number of ether oxygens (including phenoxy) is 1. The van der Waals surface area contributed by atoms with Gasteiger partial charge in [-0.05, 0) is 37.1 Å². The minimum atomic E-state index is -1.36. The molecule has 0 aromatic heterocycles. The van der Waals surface area contributed by atoms with E-state index in [4.69, 9.17) is 4.74 Å². The number of nitrogens with one attached hydrogen (secondary N) is 2. The number of carbonyl (C=O) groups is 3. The van der Waals surface area contributed by atoms with Crippen molar-refractivity contribution >= 4 is 29.7 Å². The Morgan fingerprint density at radius 2 is 1.70 bits per heavy atom. The minimum absolute atomic E-state index is 0.250. The molecule has 0 aliphatic rings. The molecule has 27 heavy (non-hydrogen) atoms. The minimum Gasteiger partial charge on any atom is -0.546 e. The zero-order valence-corrected chi connectivity index (χ0v) is 14.8. The number of nitrogens with zero attached hydrogens (tertiary/aromatic N) is 1. The fourth-order valence-electron chi connectivity index (χ4n) is 2.25. The molecule has 2 amide bonds. The van der Waals surface area contributed by atoms with Crippen molar-refractivity contribution in [3.63, 3.8) is 0 Å². The highest BCUT2D eigenvalue weighted by molar-refractivity contribution is 6.39. The summed E-state index contributed by atoms with van der Waals surface area (Å²) in [4.78, 5) is 34.4. The van der Waals surface area contributed by atoms with E-state index in [2.05, 4.69) is 15.8 Å². The summed E-state index contributed by atoms with van der Waals surface area (Å²) in [5, 5.41) is 16.7. The van der Waals surface area contributed by atoms with Gasteiger partial charge in [-0.3, -0.25) is 9.59 Å². The Morgan fingerprint density at radius 1 is 1.04 bits per heavy atom. The van der Waals surface area contributed by atoms with Gasteiger partial charge >= 0.3 is 11.8 Å². The highest BCUT2D eigenvalue weighted by Gasteiger charge is 2.15. The standard InChI is InChI=1S/C19H19N3O5/c1-12-6-5-7-13(2)17(12)21-18(25)19(26)22-20-10-14-8-3-4-9-15(14)27-11-16(23)24/h3-10H,11H2,1-2H3,(H,21,25)(H,22,26)(H,23,24)/p-1/b20-10-. The summed E-state index contributed by atoms with van der Waals surface area (Å²) < 4.78 is 5.06. The average Bonchev–Trinajstić information content (AvgIpc) is 2.63. The van der Waals surface area contributed by atoms with Crippen LogP contribution in [0.25, 0.3) is 0 Å². The van der Waals surface area contributed by atoms with E-state index in [0.717, 1.165) is 11.1 Å². The van der Waals surface area contributed by atoms with Crippen LogP contribution in [-0.4, -0.2) is 30.6 Å². The maximum atomic E-state index is 12.0. The van der Waals surface area contributed by atoms with Gasteiger partial charge in [0, 0.05) is 11.3 Å². The van der Waals surface area contributed by atoms with Crippen LogP contribution in [0.1, 0.15) is 16.7 Å². The van der Waals surface area contributed by atoms with Crippen LogP contribution in [-0.2, 0) is 14.4 Å². The molecule has 8 heteroatoms. The first-order valence-electron chi connectivity index (χ1n) is 8.00. The van der Waals surface area contributed by atoms with Crippen molar-refractivity contribution in [2.75, 3.05) is 11.9 Å². The smallest absolute Gasteiger partial charge is 0.329 e. The second kappa shape index (κ2) is 9.14. The molecule has 2 aromatic carbocycles. The molecule has 0 spiro atoms. The molecular weight excluding hydrogens is 350 g/mol. The van der Waals surface area contributed by atoms with Crippen molar-refractivity contribution in [2.24, 2.45) is 5.10 Å². The Morgan fingerprint density at radius 3 is 2.37 bits per heavy atom. The molecule has 0 aliphatic carbocycles. The number of amides is 2. The summed E-state index contributed by atoms with van der Waals surface area (Å²) in [6.45, 7) is 3.03. The quantitative estimate of drug-likeness (QED) is 0.438. The summed E-state index contributed by atoms with van der Waals surface area (Å²) in [6.07, 6.45) is 1.24. The lowest BCUT2D eigenvalue weighted by Crippen LogP contribution is -2.32. The van der Waals surface area contributed by atoms with Crippen LogP contribution in [0, 0.1) is 13.8 Å². The van der Waals surface area contributed by atoms with Gasteiger partial charge in [0.05, 0.1) is 12.2 Å². The van der Waals surface area contributed by atoms with E-state index in [1.54, 1.807) is 24.3 Å². The fraction of sp³-hybridized carbons (Fsp3) is 0.158. The van der Waals surface area contributed by atoms with Crippen molar-refractivity contribution in [2.45, 2.75) is 13.8 Å². The number of benzene rings is 2. The number of anilines is 1. The molecule has 140 valence electrons. The first-order chi connectivity index (χ1) is 12.9. The van der Waals surface area contributed by atoms with E-state index in [9.17, 15) is 19.5 Å². The summed E-state index contributed by atoms with van der Waals surface area (Å²) in [6, 6.07) is 12.0. The predicted octanol–water partition coefficient (Wildman–Crippen LogP) is 0.521. The molecule has 0 aliphatic heterocycles. The number of aliphatic carboxylic acids is 1. The van der Waals surface area contributed by atoms with Gasteiger partial charge in [0.1, 0.15) is 12.4 Å². The summed E-state index contributed by atoms with van der Waals surface area (Å²) >= 11 is 0. The van der Waals surface area contributed by atoms with E-state index in [1.165, 1.54) is 6.21 Å². The van der Waals surface area contributed by atoms with Crippen LogP contribution >= 0.6 is 0 Å². The molecule has 0 heterocycles. The van der Waals surface area contributed by atoms with Crippen LogP contribution in [0.2, 0.25) is 0 Å². The van der Waals surface area contributed by atoms with Gasteiger partial charge in [0.25, 0.3) is 0 Å². The van der Waals surface area contributed by atoms with Gasteiger partial charge in [-0.2, -0.15) is 5.10 Å². The Hall–Kier alpha value is -3.68. The van der Waals surface area contributed by atoms with Crippen molar-refractivity contribution in [3.05, 3.63) is 59.2 Å². The third-order valence-corrected chi connectivity index (χ3v) is 3.56. The second-order valence-electron chi connectivity index (χ2n) is 5.62. The lowest BCUT2D eigenvalue weighted by molar-refractivity contribution is -0.307. The third-order valence-electron chi connectivity index (χ3n) is 3.56. The van der Waals surface area contributed by atoms with E-state index in [-0.39, 0.29) is 5.75 Å². The lowest BCUT2D eigenvalue weighted by Gasteiger charge is -2.10. The number of hydrogen-bond acceptors (Lipinski definition) is 6. The highest BCUT2D eigenvalue weighted by Crippen LogP contribution is 2.19. The molecule has 2 aromatic rings. The largest absolute Gasteiger partial charge is 0.546 e. The number of rotatable bonds is 6. The Bertz CT molecular complexity index is 872. The van der Waals surface area contributed by atoms with E-state index < -0.39 is 24.4 Å². The molecule has 0 radical (unpaired) electrons. The number of hydrazone groups is 1. The van der Waals surface area contributed by atoms with Crippen molar-refractivity contribution in [1.29, 1.82) is 0 Å². The fourth-order valence-corrected chi connectivity index (χ4v) is 2.25. The number of carboxylic acid groups (broad SMARTS) is 1. The van der Waals surface area contributed by atoms with Crippen LogP contribution in [0.4, 0.5) is 5.69 Å². The molecule has 0 fully saturated rings. The van der Waals surface area contributed by atoms with Crippen LogP contribution in [0.3, 0.4) is 0 Å². The van der Waals surface area contributed by atoms with Crippen molar-refractivity contribution in [1.82, 2.24) is 5.43 Å². The zero-order valence-electron chi connectivity index (χ0n) is 14.8. The molecule has 0 saturated carbocycles. The third kappa shape index (κ3) is 5.67. The molecule has 8 nitrogen and oxygen atoms in total. The molecule has 0 saturated heterocycles. The van der Waals surface area contributed by atoms with Gasteiger partial charge in [0.15, 0.2) is 0 Å². The zero-order chi connectivity index (χ0) is 19.8. The van der Waals surface area contributed by atoms with Gasteiger partial charge in [-0.25, -0.2) is 5.43 Å². The second-order valence-corrected chi connectivity index (χ2v) is 5.62. The van der Waals surface area contributed by atoms with E-state index in [1.807, 2.05) is 32.0 Å². The van der Waals surface area contributed by atoms with E-state index in [0.29, 0.717) is 11.3 Å². The summed E-state index contributed by atoms with van der Waals surface area (Å²) in [7, 11) is 0. The number of hydrogen-bond donors (Lipinski definition) is 2. The van der Waals surface area contributed by atoms with Crippen molar-refractivity contribution in [3.8, 4) is 5.75 Å². The topological polar surface area (TPSA) is 120 Å². The van der Waals surface area contributed by atoms with Crippen LogP contribution < -0.4 is 20.6 Å².